The molecule has 1 aliphatic rings. The molecule has 5 rings (SSSR count). The van der Waals surface area contributed by atoms with E-state index in [1.807, 2.05) is 11.9 Å². The van der Waals surface area contributed by atoms with Crippen LogP contribution in [0.5, 0.6) is 5.75 Å². The van der Waals surface area contributed by atoms with Crippen molar-refractivity contribution in [3.8, 4) is 5.75 Å². The van der Waals surface area contributed by atoms with Crippen LogP contribution in [0.15, 0.2) is 49.2 Å². The molecule has 10 nitrogen and oxygen atoms in total. The zero-order valence-electron chi connectivity index (χ0n) is 21.8. The van der Waals surface area contributed by atoms with Crippen LogP contribution in [0.3, 0.4) is 0 Å². The molecule has 210 valence electrons. The largest absolute Gasteiger partial charge is 0.450 e. The number of aryl methyl sites for hydroxylation is 1. The Morgan fingerprint density at radius 2 is 1.90 bits per heavy atom. The number of nitrogens with one attached hydrogen (secondary N) is 1. The summed E-state index contributed by atoms with van der Waals surface area (Å²) < 4.78 is 49.6. The SMILES string of the molecule is CN1CCN(Cc2ccc(Nc3nc4ncc(O/C(=C/N)c5cnccn5)c(Cl)c4n3C)cc2C(F)(F)F)CC1. The van der Waals surface area contributed by atoms with Gasteiger partial charge in [-0.3, -0.25) is 9.88 Å². The van der Waals surface area contributed by atoms with Crippen molar-refractivity contribution >= 4 is 40.2 Å². The molecular weight excluding hydrogens is 547 g/mol. The lowest BCUT2D eigenvalue weighted by atomic mass is 10.0. The topological polar surface area (TPSA) is 110 Å². The smallest absolute Gasteiger partial charge is 0.416 e. The van der Waals surface area contributed by atoms with Crippen molar-refractivity contribution in [1.29, 1.82) is 0 Å². The van der Waals surface area contributed by atoms with E-state index in [0.29, 0.717) is 24.3 Å². The molecule has 3 aromatic heterocycles. The van der Waals surface area contributed by atoms with Gasteiger partial charge in [0.05, 0.1) is 18.0 Å². The fraction of sp³-hybridized carbons (Fsp3) is 0.308. The zero-order chi connectivity index (χ0) is 28.4. The molecule has 0 spiro atoms. The number of fused-ring (bicyclic) bond motifs is 1. The predicted octanol–water partition coefficient (Wildman–Crippen LogP) is 4.26. The highest BCUT2D eigenvalue weighted by molar-refractivity contribution is 6.36. The lowest BCUT2D eigenvalue weighted by Gasteiger charge is -2.33. The number of aromatic nitrogens is 5. The number of nitrogens with zero attached hydrogens (tertiary/aromatic N) is 7. The van der Waals surface area contributed by atoms with Crippen molar-refractivity contribution in [2.24, 2.45) is 12.8 Å². The summed E-state index contributed by atoms with van der Waals surface area (Å²) in [5.74, 6) is 0.664. The lowest BCUT2D eigenvalue weighted by Crippen LogP contribution is -2.44. The van der Waals surface area contributed by atoms with E-state index >= 15 is 0 Å². The van der Waals surface area contributed by atoms with Crippen LogP contribution < -0.4 is 15.8 Å². The highest BCUT2D eigenvalue weighted by Crippen LogP contribution is 2.37. The molecule has 14 heteroatoms. The minimum atomic E-state index is -4.51. The molecule has 40 heavy (non-hydrogen) atoms. The molecule has 0 radical (unpaired) electrons. The molecule has 1 aliphatic heterocycles. The summed E-state index contributed by atoms with van der Waals surface area (Å²) in [5, 5.41) is 3.17. The van der Waals surface area contributed by atoms with Crippen LogP contribution in [0.25, 0.3) is 16.9 Å². The van der Waals surface area contributed by atoms with Crippen molar-refractivity contribution in [1.82, 2.24) is 34.3 Å². The predicted molar refractivity (Wildman–Crippen MR) is 146 cm³/mol. The number of rotatable bonds is 7. The van der Waals surface area contributed by atoms with Crippen LogP contribution in [0.1, 0.15) is 16.8 Å². The van der Waals surface area contributed by atoms with Gasteiger partial charge in [0.2, 0.25) is 5.95 Å². The molecule has 0 bridgehead atoms. The number of hydrogen-bond acceptors (Lipinski definition) is 9. The van der Waals surface area contributed by atoms with Gasteiger partial charge in [0.15, 0.2) is 17.2 Å². The van der Waals surface area contributed by atoms with Gasteiger partial charge in [-0.2, -0.15) is 18.2 Å². The summed E-state index contributed by atoms with van der Waals surface area (Å²) in [6.45, 7) is 3.30. The number of likely N-dealkylation sites (N-methyl/N-ethyl adjacent to an activating group) is 1. The van der Waals surface area contributed by atoms with E-state index in [-0.39, 0.29) is 45.9 Å². The standard InChI is InChI=1S/C26H27ClF3N9O/c1-37-7-9-39(10-8-37)15-16-3-4-17(11-18(16)26(28,29)30)35-25-36-24-23(38(25)2)22(27)21(14-34-24)40-20(12-31)19-13-32-5-6-33-19/h3-6,11-14H,7-10,15,31H2,1-2H3,(H,34,35,36)/b20-12+. The second-order valence-electron chi connectivity index (χ2n) is 9.40. The first-order valence-electron chi connectivity index (χ1n) is 12.4. The number of imidazole rings is 1. The van der Waals surface area contributed by atoms with Gasteiger partial charge >= 0.3 is 6.18 Å². The van der Waals surface area contributed by atoms with E-state index in [9.17, 15) is 13.2 Å². The second-order valence-corrected chi connectivity index (χ2v) is 9.78. The normalized spacial score (nSPS) is 15.5. The molecule has 0 saturated carbocycles. The van der Waals surface area contributed by atoms with E-state index in [2.05, 4.69) is 30.2 Å². The van der Waals surface area contributed by atoms with E-state index in [1.54, 1.807) is 17.7 Å². The summed E-state index contributed by atoms with van der Waals surface area (Å²) in [6.07, 6.45) is 2.59. The Labute approximate surface area is 233 Å². The fourth-order valence-electron chi connectivity index (χ4n) is 4.44. The molecule has 0 unspecified atom stereocenters. The molecular formula is C26H27ClF3N9O. The maximum absolute atomic E-state index is 14.0. The number of pyridine rings is 1. The van der Waals surface area contributed by atoms with Crippen LogP contribution in [0.2, 0.25) is 5.02 Å². The van der Waals surface area contributed by atoms with Crippen molar-refractivity contribution in [2.75, 3.05) is 38.5 Å². The minimum Gasteiger partial charge on any atom is -0.450 e. The lowest BCUT2D eigenvalue weighted by molar-refractivity contribution is -0.138. The fourth-order valence-corrected chi connectivity index (χ4v) is 4.74. The molecule has 0 aliphatic carbocycles. The van der Waals surface area contributed by atoms with Crippen molar-refractivity contribution < 1.29 is 17.9 Å². The second kappa shape index (κ2) is 11.3. The molecule has 1 fully saturated rings. The quantitative estimate of drug-likeness (QED) is 0.313. The average Bonchev–Trinajstić information content (AvgIpc) is 3.25. The van der Waals surface area contributed by atoms with Crippen molar-refractivity contribution in [2.45, 2.75) is 12.7 Å². The first kappa shape index (κ1) is 27.6. The number of piperazine rings is 1. The van der Waals surface area contributed by atoms with Gasteiger partial charge in [-0.1, -0.05) is 17.7 Å². The van der Waals surface area contributed by atoms with E-state index < -0.39 is 11.7 Å². The van der Waals surface area contributed by atoms with E-state index in [1.165, 1.54) is 37.1 Å². The molecule has 3 N–H and O–H groups in total. The number of nitrogens with two attached hydrogens (primary N) is 1. The number of hydrogen-bond donors (Lipinski definition) is 2. The Morgan fingerprint density at radius 1 is 1.12 bits per heavy atom. The molecule has 0 atom stereocenters. The Hall–Kier alpha value is -3.94. The number of ether oxygens (including phenoxy) is 1. The molecule has 1 aromatic carbocycles. The highest BCUT2D eigenvalue weighted by atomic mass is 35.5. The van der Waals surface area contributed by atoms with Gasteiger partial charge in [0.25, 0.3) is 0 Å². The first-order chi connectivity index (χ1) is 19.1. The summed E-state index contributed by atoms with van der Waals surface area (Å²) >= 11 is 6.65. The average molecular weight is 574 g/mol. The molecule has 0 amide bonds. The third-order valence-corrected chi connectivity index (χ3v) is 7.02. The van der Waals surface area contributed by atoms with Gasteiger partial charge in [-0.25, -0.2) is 9.97 Å². The maximum Gasteiger partial charge on any atom is 0.416 e. The zero-order valence-corrected chi connectivity index (χ0v) is 22.5. The Bertz CT molecular complexity index is 1530. The first-order valence-corrected chi connectivity index (χ1v) is 12.8. The minimum absolute atomic E-state index is 0.190. The molecule has 1 saturated heterocycles. The number of anilines is 2. The van der Waals surface area contributed by atoms with Crippen LogP contribution in [-0.2, 0) is 19.8 Å². The Morgan fingerprint density at radius 3 is 2.58 bits per heavy atom. The van der Waals surface area contributed by atoms with Crippen molar-refractivity contribution in [3.05, 3.63) is 71.0 Å². The third kappa shape index (κ3) is 5.81. The Balaban J connectivity index is 1.41. The van der Waals surface area contributed by atoms with Gasteiger partial charge < -0.3 is 25.3 Å². The molecule has 4 heterocycles. The summed E-state index contributed by atoms with van der Waals surface area (Å²) in [4.78, 5) is 21.1. The van der Waals surface area contributed by atoms with Crippen LogP contribution in [0, 0.1) is 0 Å². The highest BCUT2D eigenvalue weighted by Gasteiger charge is 2.34. The van der Waals surface area contributed by atoms with Crippen molar-refractivity contribution in [3.63, 3.8) is 0 Å². The van der Waals surface area contributed by atoms with Gasteiger partial charge in [-0.05, 0) is 24.7 Å². The number of benzene rings is 1. The van der Waals surface area contributed by atoms with Gasteiger partial charge in [0, 0.05) is 64.1 Å². The van der Waals surface area contributed by atoms with Crippen LogP contribution >= 0.6 is 11.6 Å². The number of halogens is 4. The van der Waals surface area contributed by atoms with Gasteiger partial charge in [-0.15, -0.1) is 0 Å². The van der Waals surface area contributed by atoms with Crippen LogP contribution in [0.4, 0.5) is 24.8 Å². The third-order valence-electron chi connectivity index (χ3n) is 6.65. The number of alkyl halides is 3. The summed E-state index contributed by atoms with van der Waals surface area (Å²) in [5.41, 5.74) is 6.58. The summed E-state index contributed by atoms with van der Waals surface area (Å²) in [6, 6.07) is 4.23. The van der Waals surface area contributed by atoms with E-state index in [4.69, 9.17) is 22.1 Å². The monoisotopic (exact) mass is 573 g/mol. The van der Waals surface area contributed by atoms with Crippen LogP contribution in [-0.4, -0.2) is 67.5 Å². The molecule has 4 aromatic rings. The van der Waals surface area contributed by atoms with E-state index in [0.717, 1.165) is 19.2 Å². The summed E-state index contributed by atoms with van der Waals surface area (Å²) in [7, 11) is 3.68. The maximum atomic E-state index is 14.0. The Kier molecular flexibility index (Phi) is 7.79. The van der Waals surface area contributed by atoms with Gasteiger partial charge in [0.1, 0.15) is 16.2 Å².